The molecule has 0 atom stereocenters. The Bertz CT molecular complexity index is 578. The molecule has 3 rings (SSSR count). The summed E-state index contributed by atoms with van der Waals surface area (Å²) in [6.45, 7) is 0. The zero-order valence-electron chi connectivity index (χ0n) is 10.2. The first-order valence-electron chi connectivity index (χ1n) is 5.49. The molecule has 1 aliphatic rings. The van der Waals surface area contributed by atoms with Crippen molar-refractivity contribution in [2.24, 2.45) is 4.99 Å². The SMILES string of the molecule is CO.Clc1n[c-]cc(=Nc2cc(C3CC3)[nH]n2)[nH]1.[W]. The molecule has 102 valence electrons. The second kappa shape index (κ2) is 7.58. The second-order valence-corrected chi connectivity index (χ2v) is 4.11. The first-order chi connectivity index (χ1) is 8.81. The molecule has 2 heterocycles. The monoisotopic (exact) mass is 450 g/mol. The molecular formula is C11H13ClN5OW-. The Morgan fingerprint density at radius 1 is 1.47 bits per heavy atom. The van der Waals surface area contributed by atoms with Crippen LogP contribution in [0.2, 0.25) is 5.28 Å². The molecule has 1 aliphatic carbocycles. The van der Waals surface area contributed by atoms with Gasteiger partial charge in [0.2, 0.25) is 0 Å². The van der Waals surface area contributed by atoms with Crippen molar-refractivity contribution in [3.05, 3.63) is 34.8 Å². The Labute approximate surface area is 129 Å². The number of nitrogens with zero attached hydrogens (tertiary/aromatic N) is 3. The van der Waals surface area contributed by atoms with Gasteiger partial charge in [-0.1, -0.05) is 6.20 Å². The largest absolute Gasteiger partial charge is 0.421 e. The molecule has 1 fully saturated rings. The van der Waals surface area contributed by atoms with E-state index in [1.54, 1.807) is 6.07 Å². The molecule has 2 aromatic rings. The molecule has 0 bridgehead atoms. The summed E-state index contributed by atoms with van der Waals surface area (Å²) in [6, 6.07) is 3.58. The summed E-state index contributed by atoms with van der Waals surface area (Å²) in [6.07, 6.45) is 5.12. The van der Waals surface area contributed by atoms with Crippen LogP contribution in [-0.4, -0.2) is 32.4 Å². The van der Waals surface area contributed by atoms with Gasteiger partial charge in [-0.3, -0.25) is 10.1 Å². The number of aliphatic hydroxyl groups is 1. The third-order valence-corrected chi connectivity index (χ3v) is 2.61. The summed E-state index contributed by atoms with van der Waals surface area (Å²) in [5.41, 5.74) is 1.75. The standard InChI is InChI=1S/C10H9ClN5.CH4O.W/c11-10-12-4-3-8(14-10)13-9-5-7(15-16-9)6-1-2-6;1-2;/h3,5-6H,1-2H2,(H2,12,13,14,15,16);2H,1H3;/q-1;;. The smallest absolute Gasteiger partial charge is 0.163 e. The fourth-order valence-electron chi connectivity index (χ4n) is 1.49. The van der Waals surface area contributed by atoms with Crippen molar-refractivity contribution >= 4 is 17.4 Å². The van der Waals surface area contributed by atoms with Gasteiger partial charge in [0.1, 0.15) is 0 Å². The molecule has 1 saturated carbocycles. The number of halogens is 1. The fraction of sp³-hybridized carbons (Fsp3) is 0.364. The molecule has 0 unspecified atom stereocenters. The fourth-order valence-corrected chi connectivity index (χ4v) is 1.64. The number of hydrogen-bond donors (Lipinski definition) is 3. The zero-order valence-corrected chi connectivity index (χ0v) is 13.9. The summed E-state index contributed by atoms with van der Waals surface area (Å²) in [5, 5.41) is 14.4. The number of nitrogens with one attached hydrogen (secondary N) is 2. The average molecular weight is 451 g/mol. The van der Waals surface area contributed by atoms with Gasteiger partial charge in [0.05, 0.1) is 5.28 Å². The van der Waals surface area contributed by atoms with Crippen LogP contribution in [0.5, 0.6) is 0 Å². The minimum absolute atomic E-state index is 0. The van der Waals surface area contributed by atoms with Crippen LogP contribution in [0, 0.1) is 6.20 Å². The van der Waals surface area contributed by atoms with Gasteiger partial charge >= 0.3 is 0 Å². The Hall–Kier alpha value is -0.972. The molecule has 0 saturated heterocycles. The zero-order chi connectivity index (χ0) is 13.0. The number of aliphatic hydroxyl groups excluding tert-OH is 1. The van der Waals surface area contributed by atoms with Crippen molar-refractivity contribution in [3.8, 4) is 0 Å². The maximum Gasteiger partial charge on any atom is 0.163 e. The maximum absolute atomic E-state index is 7.00. The molecule has 0 amide bonds. The summed E-state index contributed by atoms with van der Waals surface area (Å²) in [7, 11) is 1.00. The van der Waals surface area contributed by atoms with Crippen molar-refractivity contribution in [2.45, 2.75) is 18.8 Å². The molecule has 19 heavy (non-hydrogen) atoms. The molecule has 8 heteroatoms. The van der Waals surface area contributed by atoms with E-state index < -0.39 is 0 Å². The van der Waals surface area contributed by atoms with E-state index in [9.17, 15) is 0 Å². The normalized spacial score (nSPS) is 14.4. The van der Waals surface area contributed by atoms with E-state index in [2.05, 4.69) is 31.4 Å². The molecule has 2 aromatic heterocycles. The van der Waals surface area contributed by atoms with Crippen LogP contribution in [0.1, 0.15) is 24.5 Å². The molecular weight excluding hydrogens is 437 g/mol. The van der Waals surface area contributed by atoms with E-state index in [4.69, 9.17) is 16.7 Å². The maximum atomic E-state index is 7.00. The van der Waals surface area contributed by atoms with Gasteiger partial charge in [-0.2, -0.15) is 5.10 Å². The van der Waals surface area contributed by atoms with Crippen molar-refractivity contribution in [1.82, 2.24) is 20.2 Å². The van der Waals surface area contributed by atoms with Crippen LogP contribution < -0.4 is 5.49 Å². The number of aromatic amines is 2. The van der Waals surface area contributed by atoms with Crippen LogP contribution in [0.25, 0.3) is 0 Å². The van der Waals surface area contributed by atoms with Gasteiger partial charge in [0.15, 0.2) is 5.82 Å². The Balaban J connectivity index is 0.000000576. The van der Waals surface area contributed by atoms with Gasteiger partial charge in [0.25, 0.3) is 0 Å². The molecule has 6 nitrogen and oxygen atoms in total. The average Bonchev–Trinajstić information content (AvgIpc) is 3.13. The minimum atomic E-state index is 0. The van der Waals surface area contributed by atoms with E-state index in [1.807, 2.05) is 6.07 Å². The van der Waals surface area contributed by atoms with Crippen LogP contribution >= 0.6 is 11.6 Å². The number of H-pyrrole nitrogens is 2. The third kappa shape index (κ3) is 4.56. The summed E-state index contributed by atoms with van der Waals surface area (Å²) < 4.78 is 0. The number of rotatable bonds is 2. The minimum Gasteiger partial charge on any atom is -0.421 e. The predicted octanol–water partition coefficient (Wildman–Crippen LogP) is 1.30. The molecule has 3 N–H and O–H groups in total. The van der Waals surface area contributed by atoms with Crippen LogP contribution in [0.15, 0.2) is 17.1 Å². The second-order valence-electron chi connectivity index (χ2n) is 3.75. The van der Waals surface area contributed by atoms with Gasteiger partial charge < -0.3 is 15.1 Å². The topological polar surface area (TPSA) is 89.9 Å². The van der Waals surface area contributed by atoms with Crippen LogP contribution in [0.4, 0.5) is 5.82 Å². The van der Waals surface area contributed by atoms with E-state index in [0.717, 1.165) is 12.8 Å². The van der Waals surface area contributed by atoms with Crippen molar-refractivity contribution in [1.29, 1.82) is 0 Å². The first kappa shape index (κ1) is 16.1. The van der Waals surface area contributed by atoms with Gasteiger partial charge in [-0.05, 0) is 12.8 Å². The molecule has 0 aliphatic heterocycles. The summed E-state index contributed by atoms with van der Waals surface area (Å²) in [5.74, 6) is 1.29. The van der Waals surface area contributed by atoms with Crippen LogP contribution in [0.3, 0.4) is 0 Å². The van der Waals surface area contributed by atoms with E-state index >= 15 is 0 Å². The number of aromatic nitrogens is 4. The van der Waals surface area contributed by atoms with E-state index in [0.29, 0.717) is 17.2 Å². The van der Waals surface area contributed by atoms with Crippen molar-refractivity contribution < 1.29 is 26.2 Å². The summed E-state index contributed by atoms with van der Waals surface area (Å²) in [4.78, 5) is 10.8. The van der Waals surface area contributed by atoms with E-state index in [1.165, 1.54) is 12.8 Å². The summed E-state index contributed by atoms with van der Waals surface area (Å²) >= 11 is 5.69. The van der Waals surface area contributed by atoms with Gasteiger partial charge in [0, 0.05) is 51.3 Å². The Kier molecular flexibility index (Phi) is 6.41. The first-order valence-corrected chi connectivity index (χ1v) is 5.87. The molecule has 0 spiro atoms. The van der Waals surface area contributed by atoms with Crippen LogP contribution in [-0.2, 0) is 21.1 Å². The molecule has 0 aromatic carbocycles. The Morgan fingerprint density at radius 2 is 2.21 bits per heavy atom. The quantitative estimate of drug-likeness (QED) is 0.476. The van der Waals surface area contributed by atoms with Gasteiger partial charge in [-0.15, -0.1) is 17.7 Å². The number of hydrogen-bond acceptors (Lipinski definition) is 4. The predicted molar refractivity (Wildman–Crippen MR) is 66.4 cm³/mol. The Morgan fingerprint density at radius 3 is 2.84 bits per heavy atom. The third-order valence-electron chi connectivity index (χ3n) is 2.43. The van der Waals surface area contributed by atoms with Crippen molar-refractivity contribution in [2.75, 3.05) is 7.11 Å². The van der Waals surface area contributed by atoms with Crippen molar-refractivity contribution in [3.63, 3.8) is 0 Å². The van der Waals surface area contributed by atoms with E-state index in [-0.39, 0.29) is 26.3 Å². The van der Waals surface area contributed by atoms with Gasteiger partial charge in [-0.25, -0.2) is 0 Å². The molecule has 0 radical (unpaired) electrons.